The lowest BCUT2D eigenvalue weighted by Gasteiger charge is -2.07. The summed E-state index contributed by atoms with van der Waals surface area (Å²) in [5.41, 5.74) is 13.7. The molecule has 0 N–H and O–H groups in total. The molecule has 1 saturated heterocycles. The molecule has 1 aliphatic heterocycles. The van der Waals surface area contributed by atoms with Crippen LogP contribution in [0.4, 0.5) is 0 Å². The Kier molecular flexibility index (Phi) is 14.4. The smallest absolute Gasteiger partial charge is 0.161 e. The first kappa shape index (κ1) is 35.8. The van der Waals surface area contributed by atoms with E-state index in [0.717, 1.165) is 6.61 Å². The van der Waals surface area contributed by atoms with E-state index in [0.29, 0.717) is 0 Å². The van der Waals surface area contributed by atoms with E-state index in [1.807, 2.05) is 0 Å². The zero-order chi connectivity index (χ0) is 34.6. The second-order valence-corrected chi connectivity index (χ2v) is 13.5. The van der Waals surface area contributed by atoms with Crippen molar-refractivity contribution in [2.24, 2.45) is 0 Å². The number of allylic oxidation sites excluding steroid dienone is 2. The Labute approximate surface area is 301 Å². The summed E-state index contributed by atoms with van der Waals surface area (Å²) in [5, 5.41) is 0. The Bertz CT molecular complexity index is 1550. The molecular formula is C48H46OSi. The van der Waals surface area contributed by atoms with E-state index in [1.54, 1.807) is 12.2 Å². The predicted molar refractivity (Wildman–Crippen MR) is 226 cm³/mol. The zero-order valence-electron chi connectivity index (χ0n) is 28.8. The molecule has 1 heterocycles. The van der Waals surface area contributed by atoms with Gasteiger partial charge in [0.1, 0.15) is 0 Å². The first-order chi connectivity index (χ1) is 24.7. The number of hydrogen-bond acceptors (Lipinski definition) is 1. The van der Waals surface area contributed by atoms with Gasteiger partial charge in [0.25, 0.3) is 0 Å². The number of fused-ring (bicyclic) bond motifs is 5. The quantitative estimate of drug-likeness (QED) is 0.125. The van der Waals surface area contributed by atoms with Crippen molar-refractivity contribution >= 4 is 70.5 Å². The van der Waals surface area contributed by atoms with Gasteiger partial charge in [0.2, 0.25) is 0 Å². The van der Waals surface area contributed by atoms with Crippen molar-refractivity contribution in [3.63, 3.8) is 0 Å². The fourth-order valence-electron chi connectivity index (χ4n) is 5.18. The molecule has 11 rings (SSSR count). The molecule has 5 aliphatic carbocycles. The predicted octanol–water partition coefficient (Wildman–Crippen LogP) is 12.5. The van der Waals surface area contributed by atoms with Gasteiger partial charge in [-0.2, -0.15) is 0 Å². The molecule has 0 spiro atoms. The normalized spacial score (nSPS) is 13.8. The summed E-state index contributed by atoms with van der Waals surface area (Å²) in [7, 11) is 0.00849. The summed E-state index contributed by atoms with van der Waals surface area (Å²) in [6.07, 6.45) is 27.2. The SMILES string of the molecule is C1=Cc2ccccc21.C1=Cc2ccccc21.C1=Cc2ccccc21.C1=Cc2ccccc21.C1=Cc2ccccc21.C1CC[SiH2]OC1.C=CC=C. The van der Waals surface area contributed by atoms with Crippen molar-refractivity contribution in [3.05, 3.63) is 202 Å². The van der Waals surface area contributed by atoms with Gasteiger partial charge in [-0.15, -0.1) is 0 Å². The van der Waals surface area contributed by atoms with E-state index in [4.69, 9.17) is 4.43 Å². The largest absolute Gasteiger partial charge is 0.424 e. The topological polar surface area (TPSA) is 9.23 Å². The molecule has 0 radical (unpaired) electrons. The van der Waals surface area contributed by atoms with E-state index < -0.39 is 0 Å². The van der Waals surface area contributed by atoms with E-state index in [2.05, 4.69) is 195 Å². The molecule has 50 heavy (non-hydrogen) atoms. The molecule has 1 fully saturated rings. The van der Waals surface area contributed by atoms with Crippen LogP contribution in [0.25, 0.3) is 60.8 Å². The minimum atomic E-state index is 0.00849. The van der Waals surface area contributed by atoms with Crippen molar-refractivity contribution in [2.45, 2.75) is 18.9 Å². The highest BCUT2D eigenvalue weighted by atomic mass is 28.2. The second-order valence-electron chi connectivity index (χ2n) is 12.0. The summed E-state index contributed by atoms with van der Waals surface area (Å²) in [6, 6.07) is 43.2. The van der Waals surface area contributed by atoms with Crippen LogP contribution in [-0.2, 0) is 4.43 Å². The van der Waals surface area contributed by atoms with Crippen molar-refractivity contribution in [1.29, 1.82) is 0 Å². The lowest BCUT2D eigenvalue weighted by molar-refractivity contribution is 0.304. The van der Waals surface area contributed by atoms with Crippen LogP contribution < -0.4 is 0 Å². The summed E-state index contributed by atoms with van der Waals surface area (Å²) < 4.78 is 5.21. The Hall–Kier alpha value is -5.54. The Balaban J connectivity index is 0.000000115. The zero-order valence-corrected chi connectivity index (χ0v) is 30.2. The highest BCUT2D eigenvalue weighted by Crippen LogP contribution is 2.24. The van der Waals surface area contributed by atoms with Crippen LogP contribution in [-0.4, -0.2) is 16.4 Å². The van der Waals surface area contributed by atoms with Crippen LogP contribution in [0, 0.1) is 0 Å². The molecule has 0 atom stereocenters. The van der Waals surface area contributed by atoms with Gasteiger partial charge in [-0.25, -0.2) is 0 Å². The fourth-order valence-corrected chi connectivity index (χ4v) is 6.35. The van der Waals surface area contributed by atoms with Gasteiger partial charge >= 0.3 is 0 Å². The summed E-state index contributed by atoms with van der Waals surface area (Å²) in [6.45, 7) is 7.78. The lowest BCUT2D eigenvalue weighted by Crippen LogP contribution is -2.06. The van der Waals surface area contributed by atoms with Gasteiger partial charge < -0.3 is 4.43 Å². The molecule has 0 bridgehead atoms. The number of hydrogen-bond donors (Lipinski definition) is 0. The highest BCUT2D eigenvalue weighted by molar-refractivity contribution is 6.27. The third-order valence-electron chi connectivity index (χ3n) is 8.44. The Morgan fingerprint density at radius 3 is 0.640 bits per heavy atom. The molecule has 248 valence electrons. The molecular weight excluding hydrogens is 621 g/mol. The van der Waals surface area contributed by atoms with Crippen molar-refractivity contribution in [1.82, 2.24) is 0 Å². The van der Waals surface area contributed by atoms with Crippen molar-refractivity contribution in [2.75, 3.05) is 6.61 Å². The van der Waals surface area contributed by atoms with E-state index in [1.165, 1.54) is 74.5 Å². The fraction of sp³-hybridized carbons (Fsp3) is 0.0833. The van der Waals surface area contributed by atoms with Crippen LogP contribution in [0.3, 0.4) is 0 Å². The van der Waals surface area contributed by atoms with E-state index >= 15 is 0 Å². The molecule has 5 aromatic rings. The molecule has 0 saturated carbocycles. The maximum atomic E-state index is 5.21. The average molecular weight is 667 g/mol. The van der Waals surface area contributed by atoms with Gasteiger partial charge in [0.05, 0.1) is 0 Å². The minimum absolute atomic E-state index is 0.00849. The highest BCUT2D eigenvalue weighted by Gasteiger charge is 2.03. The van der Waals surface area contributed by atoms with Gasteiger partial charge in [-0.1, -0.05) is 214 Å². The summed E-state index contributed by atoms with van der Waals surface area (Å²) in [5.74, 6) is 0. The number of rotatable bonds is 1. The van der Waals surface area contributed by atoms with Crippen LogP contribution >= 0.6 is 0 Å². The van der Waals surface area contributed by atoms with Crippen LogP contribution in [0.1, 0.15) is 68.5 Å². The maximum absolute atomic E-state index is 5.21. The standard InChI is InChI=1S/5C8H6.C4H10OSi.C4H6/c5*1-2-4-8-6-5-7(8)3-1;1-2-4-6-5-3-1;1-3-4-2/h5*1-6H;1-4,6H2;3-4H,1-2H2. The molecule has 5 aromatic carbocycles. The van der Waals surface area contributed by atoms with Gasteiger partial charge in [-0.3, -0.25) is 0 Å². The molecule has 6 aliphatic rings. The second kappa shape index (κ2) is 20.1. The van der Waals surface area contributed by atoms with Crippen molar-refractivity contribution in [3.8, 4) is 0 Å². The summed E-state index contributed by atoms with van der Waals surface area (Å²) >= 11 is 0. The van der Waals surface area contributed by atoms with E-state index in [9.17, 15) is 0 Å². The van der Waals surface area contributed by atoms with Gasteiger partial charge in [0, 0.05) is 6.61 Å². The van der Waals surface area contributed by atoms with Gasteiger partial charge in [0.15, 0.2) is 9.76 Å². The first-order valence-electron chi connectivity index (χ1n) is 17.4. The molecule has 0 unspecified atom stereocenters. The molecule has 2 heteroatoms. The van der Waals surface area contributed by atoms with E-state index in [-0.39, 0.29) is 9.76 Å². The average Bonchev–Trinajstić information content (AvgIpc) is 3.10. The molecule has 0 aromatic heterocycles. The maximum Gasteiger partial charge on any atom is 0.161 e. The monoisotopic (exact) mass is 666 g/mol. The molecule has 0 amide bonds. The van der Waals surface area contributed by atoms with Gasteiger partial charge in [-0.05, 0) is 68.1 Å². The third-order valence-corrected chi connectivity index (χ3v) is 9.80. The third kappa shape index (κ3) is 11.0. The first-order valence-corrected chi connectivity index (χ1v) is 19.0. The molecule has 1 nitrogen and oxygen atoms in total. The summed E-state index contributed by atoms with van der Waals surface area (Å²) in [4.78, 5) is 0. The van der Waals surface area contributed by atoms with Crippen molar-refractivity contribution < 1.29 is 4.43 Å². The van der Waals surface area contributed by atoms with Crippen LogP contribution in [0.15, 0.2) is 147 Å². The lowest BCUT2D eigenvalue weighted by atomic mass is 9.99. The Morgan fingerprint density at radius 1 is 0.360 bits per heavy atom. The van der Waals surface area contributed by atoms with Crippen LogP contribution in [0.2, 0.25) is 6.04 Å². The van der Waals surface area contributed by atoms with Crippen LogP contribution in [0.5, 0.6) is 0 Å². The minimum Gasteiger partial charge on any atom is -0.424 e. The Morgan fingerprint density at radius 2 is 0.580 bits per heavy atom. The number of benzene rings is 5.